The number of nitrogens with zero attached hydrogens (tertiary/aromatic N) is 3. The zero-order valence-corrected chi connectivity index (χ0v) is 11.4. The number of amides is 1. The summed E-state index contributed by atoms with van der Waals surface area (Å²) in [6.45, 7) is -0.0927. The Hall–Kier alpha value is -2.35. The van der Waals surface area contributed by atoms with Gasteiger partial charge in [-0.3, -0.25) is 4.79 Å². The quantitative estimate of drug-likeness (QED) is 0.807. The van der Waals surface area contributed by atoms with Gasteiger partial charge < -0.3 is 10.4 Å². The second-order valence-electron chi connectivity index (χ2n) is 3.88. The predicted molar refractivity (Wildman–Crippen MR) is 73.8 cm³/mol. The molecule has 1 aromatic carbocycles. The van der Waals surface area contributed by atoms with Crippen molar-refractivity contribution in [1.29, 1.82) is 0 Å². The molecule has 0 saturated heterocycles. The van der Waals surface area contributed by atoms with Crippen LogP contribution in [0, 0.1) is 0 Å². The van der Waals surface area contributed by atoms with E-state index in [4.69, 9.17) is 5.11 Å². The topological polar surface area (TPSA) is 97.1 Å². The first-order chi connectivity index (χ1) is 9.58. The minimum absolute atomic E-state index is 0.0927. The summed E-state index contributed by atoms with van der Waals surface area (Å²) in [6, 6.07) is 7.40. The molecule has 20 heavy (non-hydrogen) atoms. The van der Waals surface area contributed by atoms with E-state index in [9.17, 15) is 9.59 Å². The van der Waals surface area contributed by atoms with Crippen molar-refractivity contribution in [2.24, 2.45) is 0 Å². The first kappa shape index (κ1) is 14.1. The molecule has 104 valence electrons. The molecule has 0 radical (unpaired) electrons. The number of carboxylic acids is 1. The van der Waals surface area contributed by atoms with Crippen LogP contribution in [0.15, 0.2) is 35.4 Å². The van der Waals surface area contributed by atoms with E-state index in [1.807, 2.05) is 18.4 Å². The Bertz CT molecular complexity index is 624. The van der Waals surface area contributed by atoms with Crippen LogP contribution in [0.3, 0.4) is 0 Å². The van der Waals surface area contributed by atoms with Crippen molar-refractivity contribution in [2.75, 3.05) is 11.6 Å². The number of benzene rings is 1. The number of carbonyl (C=O) groups is 2. The number of aromatic carboxylic acids is 1. The minimum atomic E-state index is -1.18. The van der Waals surface area contributed by atoms with Crippen LogP contribution in [0.2, 0.25) is 0 Å². The molecule has 1 amide bonds. The van der Waals surface area contributed by atoms with Crippen LogP contribution in [-0.4, -0.2) is 38.2 Å². The smallest absolute Gasteiger partial charge is 0.358 e. The largest absolute Gasteiger partial charge is 0.476 e. The Morgan fingerprint density at radius 2 is 2.05 bits per heavy atom. The molecule has 1 heterocycles. The molecule has 0 aliphatic rings. The van der Waals surface area contributed by atoms with Gasteiger partial charge in [0.2, 0.25) is 5.91 Å². The van der Waals surface area contributed by atoms with Crippen molar-refractivity contribution in [1.82, 2.24) is 15.0 Å². The summed E-state index contributed by atoms with van der Waals surface area (Å²) >= 11 is 1.61. The second kappa shape index (κ2) is 6.20. The standard InChI is InChI=1S/C12H12N4O3S/c1-20-9-4-2-8(3-5-9)13-11(17)7-16-6-10(12(18)19)14-15-16/h2-6H,7H2,1H3,(H,13,17)(H,18,19). The summed E-state index contributed by atoms with van der Waals surface area (Å²) in [4.78, 5) is 23.5. The van der Waals surface area contributed by atoms with Crippen LogP contribution < -0.4 is 5.32 Å². The van der Waals surface area contributed by atoms with Gasteiger partial charge in [-0.15, -0.1) is 16.9 Å². The van der Waals surface area contributed by atoms with E-state index < -0.39 is 5.97 Å². The third-order valence-electron chi connectivity index (χ3n) is 2.44. The number of aromatic nitrogens is 3. The van der Waals surface area contributed by atoms with E-state index in [-0.39, 0.29) is 18.1 Å². The lowest BCUT2D eigenvalue weighted by Gasteiger charge is -2.05. The summed E-state index contributed by atoms with van der Waals surface area (Å²) in [5.74, 6) is -1.48. The third kappa shape index (κ3) is 3.58. The number of carboxylic acid groups (broad SMARTS) is 1. The zero-order chi connectivity index (χ0) is 14.5. The number of thioether (sulfide) groups is 1. The van der Waals surface area contributed by atoms with Crippen molar-refractivity contribution in [3.63, 3.8) is 0 Å². The lowest BCUT2D eigenvalue weighted by molar-refractivity contribution is -0.116. The van der Waals surface area contributed by atoms with E-state index in [1.165, 1.54) is 10.9 Å². The van der Waals surface area contributed by atoms with Gasteiger partial charge in [0.15, 0.2) is 5.69 Å². The van der Waals surface area contributed by atoms with Crippen LogP contribution in [0.1, 0.15) is 10.5 Å². The number of hydrogen-bond donors (Lipinski definition) is 2. The molecule has 0 bridgehead atoms. The van der Waals surface area contributed by atoms with Gasteiger partial charge in [-0.2, -0.15) is 0 Å². The van der Waals surface area contributed by atoms with Crippen LogP contribution in [0.5, 0.6) is 0 Å². The monoisotopic (exact) mass is 292 g/mol. The number of nitrogens with one attached hydrogen (secondary N) is 1. The Labute approximate surface area is 119 Å². The summed E-state index contributed by atoms with van der Waals surface area (Å²) in [5.41, 5.74) is 0.480. The second-order valence-corrected chi connectivity index (χ2v) is 4.76. The molecule has 8 heteroatoms. The van der Waals surface area contributed by atoms with E-state index in [0.29, 0.717) is 5.69 Å². The maximum absolute atomic E-state index is 11.8. The molecule has 1 aromatic heterocycles. The van der Waals surface area contributed by atoms with Gasteiger partial charge in [0.1, 0.15) is 6.54 Å². The fourth-order valence-corrected chi connectivity index (χ4v) is 1.90. The van der Waals surface area contributed by atoms with Crippen molar-refractivity contribution < 1.29 is 14.7 Å². The fourth-order valence-electron chi connectivity index (χ4n) is 1.50. The third-order valence-corrected chi connectivity index (χ3v) is 3.18. The van der Waals surface area contributed by atoms with Gasteiger partial charge in [-0.1, -0.05) is 5.21 Å². The summed E-state index contributed by atoms with van der Waals surface area (Å²) in [6.07, 6.45) is 3.18. The van der Waals surface area contributed by atoms with Crippen molar-refractivity contribution >= 4 is 29.3 Å². The Morgan fingerprint density at radius 1 is 1.35 bits per heavy atom. The van der Waals surface area contributed by atoms with Crippen molar-refractivity contribution in [3.8, 4) is 0 Å². The average Bonchev–Trinajstić information content (AvgIpc) is 2.88. The van der Waals surface area contributed by atoms with E-state index in [2.05, 4.69) is 15.6 Å². The van der Waals surface area contributed by atoms with Crippen LogP contribution in [-0.2, 0) is 11.3 Å². The fraction of sp³-hybridized carbons (Fsp3) is 0.167. The number of anilines is 1. The number of rotatable bonds is 5. The zero-order valence-electron chi connectivity index (χ0n) is 10.6. The molecular weight excluding hydrogens is 280 g/mol. The molecule has 2 aromatic rings. The highest BCUT2D eigenvalue weighted by Crippen LogP contribution is 2.17. The number of carbonyl (C=O) groups excluding carboxylic acids is 1. The molecular formula is C12H12N4O3S. The Balaban J connectivity index is 1.95. The SMILES string of the molecule is CSc1ccc(NC(=O)Cn2cc(C(=O)O)nn2)cc1. The first-order valence-electron chi connectivity index (χ1n) is 5.66. The summed E-state index contributed by atoms with van der Waals surface area (Å²) in [5, 5.41) is 18.4. The van der Waals surface area contributed by atoms with Gasteiger partial charge in [0.05, 0.1) is 6.20 Å². The van der Waals surface area contributed by atoms with E-state index >= 15 is 0 Å². The Morgan fingerprint density at radius 3 is 2.60 bits per heavy atom. The normalized spacial score (nSPS) is 10.2. The van der Waals surface area contributed by atoms with Gasteiger partial charge in [-0.25, -0.2) is 9.48 Å². The molecule has 7 nitrogen and oxygen atoms in total. The van der Waals surface area contributed by atoms with Gasteiger partial charge in [-0.05, 0) is 30.5 Å². The highest BCUT2D eigenvalue weighted by molar-refractivity contribution is 7.98. The maximum Gasteiger partial charge on any atom is 0.358 e. The Kier molecular flexibility index (Phi) is 4.36. The lowest BCUT2D eigenvalue weighted by atomic mass is 10.3. The van der Waals surface area contributed by atoms with Crippen LogP contribution in [0.4, 0.5) is 5.69 Å². The van der Waals surface area contributed by atoms with E-state index in [1.54, 1.807) is 23.9 Å². The average molecular weight is 292 g/mol. The first-order valence-corrected chi connectivity index (χ1v) is 6.88. The lowest BCUT2D eigenvalue weighted by Crippen LogP contribution is -2.19. The van der Waals surface area contributed by atoms with Crippen molar-refractivity contribution in [2.45, 2.75) is 11.4 Å². The van der Waals surface area contributed by atoms with Crippen LogP contribution >= 0.6 is 11.8 Å². The molecule has 0 fully saturated rings. The molecule has 0 aliphatic heterocycles. The minimum Gasteiger partial charge on any atom is -0.476 e. The molecule has 0 aliphatic carbocycles. The molecule has 0 spiro atoms. The maximum atomic E-state index is 11.8. The van der Waals surface area contributed by atoms with Crippen LogP contribution in [0.25, 0.3) is 0 Å². The predicted octanol–water partition coefficient (Wildman–Crippen LogP) is 1.34. The molecule has 0 saturated carbocycles. The molecule has 0 atom stereocenters. The van der Waals surface area contributed by atoms with Gasteiger partial charge >= 0.3 is 5.97 Å². The molecule has 2 rings (SSSR count). The highest BCUT2D eigenvalue weighted by atomic mass is 32.2. The number of hydrogen-bond acceptors (Lipinski definition) is 5. The molecule has 2 N–H and O–H groups in total. The van der Waals surface area contributed by atoms with Gasteiger partial charge in [0.25, 0.3) is 0 Å². The molecule has 0 unspecified atom stereocenters. The summed E-state index contributed by atoms with van der Waals surface area (Å²) < 4.78 is 1.18. The van der Waals surface area contributed by atoms with Gasteiger partial charge in [0, 0.05) is 10.6 Å². The van der Waals surface area contributed by atoms with Crippen molar-refractivity contribution in [3.05, 3.63) is 36.2 Å². The van der Waals surface area contributed by atoms with E-state index in [0.717, 1.165) is 4.90 Å². The highest BCUT2D eigenvalue weighted by Gasteiger charge is 2.10. The summed E-state index contributed by atoms with van der Waals surface area (Å²) in [7, 11) is 0.